The van der Waals surface area contributed by atoms with Crippen molar-refractivity contribution in [3.63, 3.8) is 0 Å². The third-order valence-electron chi connectivity index (χ3n) is 9.99. The molecule has 9 heteroatoms. The monoisotopic (exact) mass is 697 g/mol. The SMILES string of the molecule is CCCCCCCCCCCCCCC(CCCCCCCCCCCCCCCCCC(=O)O)C(=O)OC1C(=O)C(=O)O[C@@H]1[C@@H](O)CO. The topological polar surface area (TPSA) is 147 Å². The molecule has 0 bridgehead atoms. The molecular formula is C40H72O9. The zero-order valence-electron chi connectivity index (χ0n) is 31.0. The highest BCUT2D eigenvalue weighted by Crippen LogP contribution is 2.25. The number of carbonyl (C=O) groups is 4. The summed E-state index contributed by atoms with van der Waals surface area (Å²) in [5, 5.41) is 28.0. The summed E-state index contributed by atoms with van der Waals surface area (Å²) in [6, 6.07) is 0. The van der Waals surface area contributed by atoms with Crippen molar-refractivity contribution in [3.8, 4) is 0 Å². The number of Topliss-reactive ketones (excluding diaryl/α,β-unsaturated/α-hetero) is 1. The number of cyclic esters (lactones) is 1. The highest BCUT2D eigenvalue weighted by Gasteiger charge is 2.50. The summed E-state index contributed by atoms with van der Waals surface area (Å²) in [6.45, 7) is 1.53. The summed E-state index contributed by atoms with van der Waals surface area (Å²) in [4.78, 5) is 48.0. The molecule has 0 saturated carbocycles. The predicted octanol–water partition coefficient (Wildman–Crippen LogP) is 9.17. The van der Waals surface area contributed by atoms with E-state index in [0.29, 0.717) is 12.8 Å². The molecule has 0 spiro atoms. The lowest BCUT2D eigenvalue weighted by Crippen LogP contribution is -2.42. The summed E-state index contributed by atoms with van der Waals surface area (Å²) < 4.78 is 10.4. The molecule has 286 valence electrons. The number of unbranched alkanes of at least 4 members (excludes halogenated alkanes) is 25. The summed E-state index contributed by atoms with van der Waals surface area (Å²) in [5.41, 5.74) is 0. The summed E-state index contributed by atoms with van der Waals surface area (Å²) in [6.07, 6.45) is 29.3. The third kappa shape index (κ3) is 23.2. The molecule has 4 atom stereocenters. The number of ether oxygens (including phenoxy) is 2. The van der Waals surface area contributed by atoms with Gasteiger partial charge in [0, 0.05) is 6.42 Å². The highest BCUT2D eigenvalue weighted by molar-refractivity contribution is 6.37. The molecular weight excluding hydrogens is 624 g/mol. The van der Waals surface area contributed by atoms with E-state index in [9.17, 15) is 29.4 Å². The minimum absolute atomic E-state index is 0.290. The second-order valence-corrected chi connectivity index (χ2v) is 14.5. The number of hydrogen-bond donors (Lipinski definition) is 3. The predicted molar refractivity (Wildman–Crippen MR) is 193 cm³/mol. The largest absolute Gasteiger partial charge is 0.481 e. The van der Waals surface area contributed by atoms with Crippen LogP contribution in [0.5, 0.6) is 0 Å². The van der Waals surface area contributed by atoms with Crippen molar-refractivity contribution < 1.29 is 44.0 Å². The van der Waals surface area contributed by atoms with E-state index < -0.39 is 48.6 Å². The first-order chi connectivity index (χ1) is 23.8. The number of hydrogen-bond acceptors (Lipinski definition) is 8. The van der Waals surface area contributed by atoms with Gasteiger partial charge in [-0.1, -0.05) is 174 Å². The zero-order valence-corrected chi connectivity index (χ0v) is 31.0. The Morgan fingerprint density at radius 3 is 1.37 bits per heavy atom. The van der Waals surface area contributed by atoms with Gasteiger partial charge in [0.15, 0.2) is 6.10 Å². The van der Waals surface area contributed by atoms with Crippen molar-refractivity contribution in [1.29, 1.82) is 0 Å². The molecule has 1 rings (SSSR count). The molecule has 1 fully saturated rings. The maximum atomic E-state index is 13.2. The first kappa shape index (κ1) is 45.0. The van der Waals surface area contributed by atoms with E-state index >= 15 is 0 Å². The lowest BCUT2D eigenvalue weighted by atomic mass is 9.93. The van der Waals surface area contributed by atoms with Crippen molar-refractivity contribution in [2.45, 2.75) is 218 Å². The highest BCUT2D eigenvalue weighted by atomic mass is 16.6. The van der Waals surface area contributed by atoms with Crippen molar-refractivity contribution in [2.24, 2.45) is 5.92 Å². The van der Waals surface area contributed by atoms with Gasteiger partial charge in [0.25, 0.3) is 5.78 Å². The molecule has 0 aromatic heterocycles. The average molecular weight is 697 g/mol. The van der Waals surface area contributed by atoms with Gasteiger partial charge < -0.3 is 24.8 Å². The van der Waals surface area contributed by atoms with Crippen molar-refractivity contribution in [1.82, 2.24) is 0 Å². The number of aliphatic carboxylic acids is 1. The maximum absolute atomic E-state index is 13.2. The van der Waals surface area contributed by atoms with Gasteiger partial charge >= 0.3 is 17.9 Å². The first-order valence-electron chi connectivity index (χ1n) is 20.3. The van der Waals surface area contributed by atoms with Gasteiger partial charge in [-0.2, -0.15) is 0 Å². The average Bonchev–Trinajstić information content (AvgIpc) is 3.36. The first-order valence-corrected chi connectivity index (χ1v) is 20.3. The Labute approximate surface area is 297 Å². The van der Waals surface area contributed by atoms with Gasteiger partial charge in [0.05, 0.1) is 12.5 Å². The van der Waals surface area contributed by atoms with E-state index in [1.807, 2.05) is 0 Å². The van der Waals surface area contributed by atoms with E-state index in [4.69, 9.17) is 14.6 Å². The van der Waals surface area contributed by atoms with E-state index in [1.165, 1.54) is 116 Å². The Balaban J connectivity index is 2.30. The Kier molecular flexibility index (Phi) is 28.3. The standard InChI is InChI=1S/C40H72O9/c1-2-3-4-5-6-7-8-14-17-20-23-26-29-33(39(46)49-38-36(45)40(47)48-37(38)34(42)32-41)30-27-24-21-18-15-12-10-9-11-13-16-19-22-25-28-31-35(43)44/h33-34,37-38,41-42H,2-32H2,1H3,(H,43,44)/t33?,34-,37+,38?/m0/s1. The lowest BCUT2D eigenvalue weighted by molar-refractivity contribution is -0.165. The van der Waals surface area contributed by atoms with E-state index in [0.717, 1.165) is 57.8 Å². The van der Waals surface area contributed by atoms with Crippen LogP contribution >= 0.6 is 0 Å². The number of ketones is 1. The van der Waals surface area contributed by atoms with Crippen LogP contribution in [0.3, 0.4) is 0 Å². The smallest absolute Gasteiger partial charge is 0.379 e. The van der Waals surface area contributed by atoms with Gasteiger partial charge in [-0.3, -0.25) is 14.4 Å². The number of esters is 2. The van der Waals surface area contributed by atoms with Crippen molar-refractivity contribution >= 4 is 23.7 Å². The third-order valence-corrected chi connectivity index (χ3v) is 9.99. The van der Waals surface area contributed by atoms with Crippen LogP contribution < -0.4 is 0 Å². The molecule has 2 unspecified atom stereocenters. The molecule has 3 N–H and O–H groups in total. The zero-order chi connectivity index (χ0) is 36.0. The fourth-order valence-corrected chi connectivity index (χ4v) is 6.81. The number of aliphatic hydroxyl groups excluding tert-OH is 2. The fourth-order valence-electron chi connectivity index (χ4n) is 6.81. The minimum Gasteiger partial charge on any atom is -0.481 e. The van der Waals surface area contributed by atoms with E-state index in [1.54, 1.807) is 0 Å². The van der Waals surface area contributed by atoms with Crippen molar-refractivity contribution in [2.75, 3.05) is 6.61 Å². The normalized spacial score (nSPS) is 17.3. The number of rotatable bonds is 35. The molecule has 1 saturated heterocycles. The summed E-state index contributed by atoms with van der Waals surface area (Å²) in [5.74, 6) is -3.72. The van der Waals surface area contributed by atoms with Crippen LogP contribution in [0.1, 0.15) is 200 Å². The van der Waals surface area contributed by atoms with Gasteiger partial charge in [0.1, 0.15) is 6.10 Å². The molecule has 0 amide bonds. The Bertz CT molecular complexity index is 861. The second-order valence-electron chi connectivity index (χ2n) is 14.5. The number of aliphatic hydroxyl groups is 2. The Morgan fingerprint density at radius 1 is 0.633 bits per heavy atom. The van der Waals surface area contributed by atoms with Gasteiger partial charge in [-0.25, -0.2) is 4.79 Å². The second kappa shape index (κ2) is 30.8. The van der Waals surface area contributed by atoms with Crippen LogP contribution in [0.25, 0.3) is 0 Å². The van der Waals surface area contributed by atoms with Crippen LogP contribution in [0.2, 0.25) is 0 Å². The molecule has 49 heavy (non-hydrogen) atoms. The summed E-state index contributed by atoms with van der Waals surface area (Å²) in [7, 11) is 0. The quantitative estimate of drug-likeness (QED) is 0.0335. The molecule has 1 aliphatic heterocycles. The van der Waals surface area contributed by atoms with Crippen molar-refractivity contribution in [3.05, 3.63) is 0 Å². The van der Waals surface area contributed by atoms with E-state index in [-0.39, 0.29) is 12.3 Å². The fraction of sp³-hybridized carbons (Fsp3) is 0.900. The Hall–Kier alpha value is -2.00. The molecule has 1 heterocycles. The summed E-state index contributed by atoms with van der Waals surface area (Å²) >= 11 is 0. The van der Waals surface area contributed by atoms with Gasteiger partial charge in [-0.15, -0.1) is 0 Å². The van der Waals surface area contributed by atoms with Crippen LogP contribution in [-0.4, -0.2) is 63.9 Å². The van der Waals surface area contributed by atoms with Crippen LogP contribution in [0, 0.1) is 5.92 Å². The molecule has 0 aromatic carbocycles. The van der Waals surface area contributed by atoms with Gasteiger partial charge in [0.2, 0.25) is 6.10 Å². The maximum Gasteiger partial charge on any atom is 0.379 e. The number of carbonyl (C=O) groups excluding carboxylic acids is 3. The van der Waals surface area contributed by atoms with Gasteiger partial charge in [-0.05, 0) is 19.3 Å². The molecule has 0 aliphatic carbocycles. The van der Waals surface area contributed by atoms with Crippen LogP contribution in [0.15, 0.2) is 0 Å². The molecule has 0 aromatic rings. The Morgan fingerprint density at radius 2 is 1.00 bits per heavy atom. The van der Waals surface area contributed by atoms with E-state index in [2.05, 4.69) is 6.92 Å². The molecule has 0 radical (unpaired) electrons. The molecule has 1 aliphatic rings. The number of carboxylic acids is 1. The minimum atomic E-state index is -1.51. The lowest BCUT2D eigenvalue weighted by Gasteiger charge is -2.23. The molecule has 9 nitrogen and oxygen atoms in total. The van der Waals surface area contributed by atoms with Crippen LogP contribution in [0.4, 0.5) is 0 Å². The van der Waals surface area contributed by atoms with Crippen LogP contribution in [-0.2, 0) is 28.7 Å². The number of carboxylic acid groups (broad SMARTS) is 1.